The number of halogens is 1. The lowest BCUT2D eigenvalue weighted by Crippen LogP contribution is -2.29. The monoisotopic (exact) mass is 266 g/mol. The van der Waals surface area contributed by atoms with Crippen molar-refractivity contribution in [3.63, 3.8) is 0 Å². The van der Waals surface area contributed by atoms with E-state index in [1.54, 1.807) is 0 Å². The third-order valence-corrected chi connectivity index (χ3v) is 3.47. The number of hydrogen-bond donors (Lipinski definition) is 1. The molecule has 0 spiro atoms. The summed E-state index contributed by atoms with van der Waals surface area (Å²) in [6.07, 6.45) is 3.12. The summed E-state index contributed by atoms with van der Waals surface area (Å²) >= 11 is 5.89. The number of benzene rings is 1. The number of carbonyl (C=O) groups excluding carboxylic acids is 1. The number of nitrogens with one attached hydrogen (secondary N) is 1. The summed E-state index contributed by atoms with van der Waals surface area (Å²) < 4.78 is 0. The fourth-order valence-electron chi connectivity index (χ4n) is 2.20. The maximum Gasteiger partial charge on any atom is 0.221 e. The molecule has 18 heavy (non-hydrogen) atoms. The van der Waals surface area contributed by atoms with Gasteiger partial charge in [0.2, 0.25) is 5.91 Å². The molecule has 0 bridgehead atoms. The number of rotatable bonds is 5. The maximum absolute atomic E-state index is 11.7. The van der Waals surface area contributed by atoms with Crippen LogP contribution in [0, 0.1) is 0 Å². The molecule has 1 heterocycles. The minimum atomic E-state index is 0.113. The van der Waals surface area contributed by atoms with Gasteiger partial charge >= 0.3 is 0 Å². The summed E-state index contributed by atoms with van der Waals surface area (Å²) in [4.78, 5) is 14.0. The number of likely N-dealkylation sites (tertiary alicyclic amines) is 1. The molecule has 1 aromatic rings. The number of hydrogen-bond acceptors (Lipinski definition) is 2. The normalized spacial score (nSPS) is 15.8. The molecular formula is C14H19ClN2O. The molecule has 1 aliphatic rings. The van der Waals surface area contributed by atoms with Crippen LogP contribution in [0.15, 0.2) is 24.3 Å². The first-order valence-corrected chi connectivity index (χ1v) is 6.85. The molecule has 1 aromatic carbocycles. The predicted molar refractivity (Wildman–Crippen MR) is 73.6 cm³/mol. The first kappa shape index (κ1) is 13.4. The Morgan fingerprint density at radius 3 is 2.83 bits per heavy atom. The van der Waals surface area contributed by atoms with Crippen molar-refractivity contribution in [1.82, 2.24) is 10.2 Å². The second-order valence-electron chi connectivity index (χ2n) is 4.71. The van der Waals surface area contributed by atoms with Gasteiger partial charge in [-0.05, 0) is 43.6 Å². The summed E-state index contributed by atoms with van der Waals surface area (Å²) in [6.45, 7) is 3.71. The summed E-state index contributed by atoms with van der Waals surface area (Å²) in [7, 11) is 0. The number of nitrogens with zero attached hydrogens (tertiary/aromatic N) is 1. The Labute approximate surface area is 113 Å². The topological polar surface area (TPSA) is 32.3 Å². The van der Waals surface area contributed by atoms with Crippen LogP contribution in [-0.4, -0.2) is 30.4 Å². The van der Waals surface area contributed by atoms with Gasteiger partial charge in [0.1, 0.15) is 0 Å². The maximum atomic E-state index is 11.7. The first-order chi connectivity index (χ1) is 8.74. The standard InChI is InChI=1S/C14H19ClN2O/c15-13-5-3-4-12(10-13)11-16-14(18)6-9-17-7-1-2-8-17/h3-5,10H,1-2,6-9,11H2,(H,16,18). The van der Waals surface area contributed by atoms with Crippen molar-refractivity contribution >= 4 is 17.5 Å². The highest BCUT2D eigenvalue weighted by molar-refractivity contribution is 6.30. The third kappa shape index (κ3) is 4.31. The van der Waals surface area contributed by atoms with Crippen LogP contribution in [-0.2, 0) is 11.3 Å². The molecule has 1 saturated heterocycles. The molecule has 98 valence electrons. The summed E-state index contributed by atoms with van der Waals surface area (Å²) in [6, 6.07) is 7.57. The van der Waals surface area contributed by atoms with E-state index in [2.05, 4.69) is 10.2 Å². The van der Waals surface area contributed by atoms with E-state index in [1.807, 2.05) is 24.3 Å². The van der Waals surface area contributed by atoms with Crippen LogP contribution in [0.3, 0.4) is 0 Å². The van der Waals surface area contributed by atoms with Crippen molar-refractivity contribution in [3.8, 4) is 0 Å². The van der Waals surface area contributed by atoms with Crippen LogP contribution in [0.1, 0.15) is 24.8 Å². The quantitative estimate of drug-likeness (QED) is 0.888. The van der Waals surface area contributed by atoms with Crippen LogP contribution >= 0.6 is 11.6 Å². The highest BCUT2D eigenvalue weighted by Crippen LogP contribution is 2.10. The molecule has 1 fully saturated rings. The lowest BCUT2D eigenvalue weighted by Gasteiger charge is -2.13. The Morgan fingerprint density at radius 2 is 2.11 bits per heavy atom. The Morgan fingerprint density at radius 1 is 1.33 bits per heavy atom. The molecule has 0 atom stereocenters. The molecule has 1 aliphatic heterocycles. The lowest BCUT2D eigenvalue weighted by atomic mass is 10.2. The fourth-order valence-corrected chi connectivity index (χ4v) is 2.41. The van der Waals surface area contributed by atoms with E-state index in [4.69, 9.17) is 11.6 Å². The van der Waals surface area contributed by atoms with E-state index >= 15 is 0 Å². The summed E-state index contributed by atoms with van der Waals surface area (Å²) in [5.41, 5.74) is 1.04. The van der Waals surface area contributed by atoms with Gasteiger partial charge in [0.15, 0.2) is 0 Å². The molecule has 4 heteroatoms. The molecular weight excluding hydrogens is 248 g/mol. The van der Waals surface area contributed by atoms with Crippen LogP contribution in [0.25, 0.3) is 0 Å². The first-order valence-electron chi connectivity index (χ1n) is 6.47. The minimum absolute atomic E-state index is 0.113. The van der Waals surface area contributed by atoms with Crippen LogP contribution in [0.5, 0.6) is 0 Å². The van der Waals surface area contributed by atoms with Gasteiger partial charge in [-0.3, -0.25) is 4.79 Å². The van der Waals surface area contributed by atoms with Crippen LogP contribution in [0.4, 0.5) is 0 Å². The molecule has 0 radical (unpaired) electrons. The van der Waals surface area contributed by atoms with Crippen molar-refractivity contribution < 1.29 is 4.79 Å². The Balaban J connectivity index is 1.68. The SMILES string of the molecule is O=C(CCN1CCCC1)NCc1cccc(Cl)c1. The van der Waals surface area contributed by atoms with Gasteiger partial charge in [-0.1, -0.05) is 23.7 Å². The molecule has 0 saturated carbocycles. The van der Waals surface area contributed by atoms with Gasteiger partial charge in [-0.25, -0.2) is 0 Å². The summed E-state index contributed by atoms with van der Waals surface area (Å²) in [5.74, 6) is 0.113. The molecule has 1 N–H and O–H groups in total. The molecule has 1 amide bonds. The summed E-state index contributed by atoms with van der Waals surface area (Å²) in [5, 5.41) is 3.63. The second kappa shape index (κ2) is 6.76. The highest BCUT2D eigenvalue weighted by atomic mass is 35.5. The number of amides is 1. The van der Waals surface area contributed by atoms with Gasteiger partial charge in [0.25, 0.3) is 0 Å². The van der Waals surface area contributed by atoms with Gasteiger partial charge < -0.3 is 10.2 Å². The molecule has 0 aromatic heterocycles. The number of carbonyl (C=O) groups is 1. The second-order valence-corrected chi connectivity index (χ2v) is 5.14. The third-order valence-electron chi connectivity index (χ3n) is 3.23. The van der Waals surface area contributed by atoms with Crippen molar-refractivity contribution in [3.05, 3.63) is 34.9 Å². The largest absolute Gasteiger partial charge is 0.352 e. The van der Waals surface area contributed by atoms with Gasteiger partial charge in [0, 0.05) is 24.5 Å². The van der Waals surface area contributed by atoms with E-state index in [-0.39, 0.29) is 5.91 Å². The van der Waals surface area contributed by atoms with E-state index < -0.39 is 0 Å². The molecule has 3 nitrogen and oxygen atoms in total. The zero-order chi connectivity index (χ0) is 12.8. The molecule has 2 rings (SSSR count). The zero-order valence-corrected chi connectivity index (χ0v) is 11.2. The Kier molecular flexibility index (Phi) is 5.02. The van der Waals surface area contributed by atoms with E-state index in [0.717, 1.165) is 25.2 Å². The zero-order valence-electron chi connectivity index (χ0n) is 10.5. The van der Waals surface area contributed by atoms with Crippen molar-refractivity contribution in [2.24, 2.45) is 0 Å². The van der Waals surface area contributed by atoms with E-state index in [9.17, 15) is 4.79 Å². The van der Waals surface area contributed by atoms with Crippen LogP contribution in [0.2, 0.25) is 5.02 Å². The Hall–Kier alpha value is -1.06. The smallest absolute Gasteiger partial charge is 0.221 e. The van der Waals surface area contributed by atoms with Gasteiger partial charge in [0.05, 0.1) is 0 Å². The van der Waals surface area contributed by atoms with Gasteiger partial charge in [-0.2, -0.15) is 0 Å². The van der Waals surface area contributed by atoms with Crippen molar-refractivity contribution in [1.29, 1.82) is 0 Å². The lowest BCUT2D eigenvalue weighted by molar-refractivity contribution is -0.121. The molecule has 0 aliphatic carbocycles. The van der Waals surface area contributed by atoms with E-state index in [1.165, 1.54) is 12.8 Å². The Bertz CT molecular complexity index is 403. The van der Waals surface area contributed by atoms with Crippen molar-refractivity contribution in [2.75, 3.05) is 19.6 Å². The van der Waals surface area contributed by atoms with Gasteiger partial charge in [-0.15, -0.1) is 0 Å². The molecule has 0 unspecified atom stereocenters. The predicted octanol–water partition coefficient (Wildman–Crippen LogP) is 2.44. The average Bonchev–Trinajstić information content (AvgIpc) is 2.87. The van der Waals surface area contributed by atoms with E-state index in [0.29, 0.717) is 18.0 Å². The van der Waals surface area contributed by atoms with Crippen LogP contribution < -0.4 is 5.32 Å². The average molecular weight is 267 g/mol. The highest BCUT2D eigenvalue weighted by Gasteiger charge is 2.12. The van der Waals surface area contributed by atoms with Crippen molar-refractivity contribution in [2.45, 2.75) is 25.8 Å². The fraction of sp³-hybridized carbons (Fsp3) is 0.500. The minimum Gasteiger partial charge on any atom is -0.352 e.